The fourth-order valence-corrected chi connectivity index (χ4v) is 4.31. The summed E-state index contributed by atoms with van der Waals surface area (Å²) in [4.78, 5) is 11.7. The summed E-state index contributed by atoms with van der Waals surface area (Å²) >= 11 is 0. The molecule has 0 spiro atoms. The molecular weight excluding hydrogens is 276 g/mol. The summed E-state index contributed by atoms with van der Waals surface area (Å²) in [6.45, 7) is 2.29. The predicted octanol–water partition coefficient (Wildman–Crippen LogP) is 3.82. The first kappa shape index (κ1) is 15.3. The van der Waals surface area contributed by atoms with Crippen molar-refractivity contribution in [3.63, 3.8) is 0 Å². The van der Waals surface area contributed by atoms with Crippen LogP contribution in [0, 0.1) is 11.3 Å². The molecular formula is C19H24O3. The van der Waals surface area contributed by atoms with E-state index in [9.17, 15) is 9.90 Å². The van der Waals surface area contributed by atoms with Crippen molar-refractivity contribution >= 4 is 12.0 Å². The highest BCUT2D eigenvalue weighted by molar-refractivity contribution is 5.90. The quantitative estimate of drug-likeness (QED) is 0.845. The highest BCUT2D eigenvalue weighted by Gasteiger charge is 2.47. The maximum absolute atomic E-state index is 11.7. The van der Waals surface area contributed by atoms with Gasteiger partial charge in [0.25, 0.3) is 0 Å². The maximum atomic E-state index is 11.7. The van der Waals surface area contributed by atoms with Gasteiger partial charge in [0, 0.05) is 0 Å². The van der Waals surface area contributed by atoms with E-state index in [-0.39, 0.29) is 17.5 Å². The summed E-state index contributed by atoms with van der Waals surface area (Å²) in [6.07, 6.45) is 7.34. The highest BCUT2D eigenvalue weighted by atomic mass is 16.5. The van der Waals surface area contributed by atoms with Crippen LogP contribution in [0.4, 0.5) is 0 Å². The molecule has 1 N–H and O–H groups in total. The standard InChI is InChI=1S/C19H24O3/c1-19-10-4-7-17(20)16(19)9-8-15(19)12-13-5-3-6-14(11-13)18(21)22-2/h3,5-6,11-12,16-17,20H,4,7-10H2,1-2H3/b15-12-/t16-,17-,19+/m0/s1. The van der Waals surface area contributed by atoms with Gasteiger partial charge in [-0.2, -0.15) is 0 Å². The van der Waals surface area contributed by atoms with Crippen molar-refractivity contribution in [1.82, 2.24) is 0 Å². The Kier molecular flexibility index (Phi) is 4.09. The van der Waals surface area contributed by atoms with Crippen LogP contribution < -0.4 is 0 Å². The van der Waals surface area contributed by atoms with E-state index in [1.807, 2.05) is 18.2 Å². The molecule has 22 heavy (non-hydrogen) atoms. The second-order valence-electron chi connectivity index (χ2n) is 6.81. The third-order valence-corrected chi connectivity index (χ3v) is 5.59. The minimum Gasteiger partial charge on any atom is -0.465 e. The van der Waals surface area contributed by atoms with E-state index >= 15 is 0 Å². The highest BCUT2D eigenvalue weighted by Crippen LogP contribution is 2.55. The number of aliphatic hydroxyl groups excluding tert-OH is 1. The zero-order chi connectivity index (χ0) is 15.7. The Morgan fingerprint density at radius 1 is 1.41 bits per heavy atom. The lowest BCUT2D eigenvalue weighted by atomic mass is 9.66. The van der Waals surface area contributed by atoms with Gasteiger partial charge in [0.2, 0.25) is 0 Å². The lowest BCUT2D eigenvalue weighted by Crippen LogP contribution is -2.37. The molecule has 0 aromatic heterocycles. The van der Waals surface area contributed by atoms with Crippen molar-refractivity contribution in [2.24, 2.45) is 11.3 Å². The topological polar surface area (TPSA) is 46.5 Å². The van der Waals surface area contributed by atoms with Gasteiger partial charge in [-0.3, -0.25) is 0 Å². The van der Waals surface area contributed by atoms with Crippen LogP contribution in [0.15, 0.2) is 29.8 Å². The van der Waals surface area contributed by atoms with Gasteiger partial charge in [-0.15, -0.1) is 0 Å². The summed E-state index contributed by atoms with van der Waals surface area (Å²) in [5.74, 6) is 0.0835. The molecule has 2 fully saturated rings. The van der Waals surface area contributed by atoms with E-state index in [1.54, 1.807) is 6.07 Å². The van der Waals surface area contributed by atoms with Crippen LogP contribution in [0.3, 0.4) is 0 Å². The number of carbonyl (C=O) groups is 1. The Morgan fingerprint density at radius 3 is 3.00 bits per heavy atom. The van der Waals surface area contributed by atoms with E-state index in [4.69, 9.17) is 4.74 Å². The van der Waals surface area contributed by atoms with Gasteiger partial charge in [0.15, 0.2) is 0 Å². The number of carbonyl (C=O) groups excluding carboxylic acids is 1. The molecule has 0 amide bonds. The number of allylic oxidation sites excluding steroid dienone is 1. The molecule has 3 atom stereocenters. The average molecular weight is 300 g/mol. The molecule has 0 bridgehead atoms. The van der Waals surface area contributed by atoms with Crippen LogP contribution in [-0.2, 0) is 4.74 Å². The van der Waals surface area contributed by atoms with E-state index in [1.165, 1.54) is 12.7 Å². The number of fused-ring (bicyclic) bond motifs is 1. The summed E-state index contributed by atoms with van der Waals surface area (Å²) in [5.41, 5.74) is 3.15. The van der Waals surface area contributed by atoms with Gasteiger partial charge < -0.3 is 9.84 Å². The van der Waals surface area contributed by atoms with Crippen molar-refractivity contribution in [2.75, 3.05) is 7.11 Å². The van der Waals surface area contributed by atoms with Crippen LogP contribution in [0.2, 0.25) is 0 Å². The maximum Gasteiger partial charge on any atom is 0.337 e. The minimum absolute atomic E-state index is 0.110. The molecule has 118 valence electrons. The Morgan fingerprint density at radius 2 is 2.23 bits per heavy atom. The second kappa shape index (κ2) is 5.88. The Hall–Kier alpha value is -1.61. The number of hydrogen-bond donors (Lipinski definition) is 1. The van der Waals surface area contributed by atoms with E-state index in [2.05, 4.69) is 13.0 Å². The van der Waals surface area contributed by atoms with Crippen LogP contribution >= 0.6 is 0 Å². The summed E-state index contributed by atoms with van der Waals surface area (Å²) in [5, 5.41) is 10.3. The third kappa shape index (κ3) is 2.58. The second-order valence-corrected chi connectivity index (χ2v) is 6.81. The number of rotatable bonds is 2. The monoisotopic (exact) mass is 300 g/mol. The van der Waals surface area contributed by atoms with Gasteiger partial charge in [-0.25, -0.2) is 4.79 Å². The van der Waals surface area contributed by atoms with Gasteiger partial charge in [0.05, 0.1) is 18.8 Å². The van der Waals surface area contributed by atoms with Crippen molar-refractivity contribution < 1.29 is 14.6 Å². The van der Waals surface area contributed by atoms with Crippen LogP contribution in [0.5, 0.6) is 0 Å². The molecule has 0 saturated heterocycles. The molecule has 0 heterocycles. The molecule has 0 aliphatic heterocycles. The molecule has 3 nitrogen and oxygen atoms in total. The number of esters is 1. The molecule has 1 aromatic carbocycles. The number of benzene rings is 1. The van der Waals surface area contributed by atoms with Crippen molar-refractivity contribution in [1.29, 1.82) is 0 Å². The van der Waals surface area contributed by atoms with Gasteiger partial charge in [-0.1, -0.05) is 30.7 Å². The predicted molar refractivity (Wildman–Crippen MR) is 86.4 cm³/mol. The lowest BCUT2D eigenvalue weighted by Gasteiger charge is -2.40. The first-order valence-electron chi connectivity index (χ1n) is 8.12. The zero-order valence-corrected chi connectivity index (χ0v) is 13.3. The van der Waals surface area contributed by atoms with Crippen molar-refractivity contribution in [3.05, 3.63) is 41.0 Å². The molecule has 3 heteroatoms. The number of aliphatic hydroxyl groups is 1. The Bertz CT molecular complexity index is 604. The van der Waals surface area contributed by atoms with Crippen LogP contribution in [-0.4, -0.2) is 24.3 Å². The van der Waals surface area contributed by atoms with Gasteiger partial charge in [0.1, 0.15) is 0 Å². The number of methoxy groups -OCH3 is 1. The minimum atomic E-state index is -0.302. The Labute approximate surface area is 132 Å². The Balaban J connectivity index is 1.91. The molecule has 0 radical (unpaired) electrons. The average Bonchev–Trinajstić information content (AvgIpc) is 2.85. The SMILES string of the molecule is COC(=O)c1cccc(/C=C2/CC[C@H]3[C@@H](O)CCC[C@]23C)c1. The molecule has 2 saturated carbocycles. The van der Waals surface area contributed by atoms with E-state index in [0.29, 0.717) is 11.5 Å². The van der Waals surface area contributed by atoms with E-state index < -0.39 is 0 Å². The van der Waals surface area contributed by atoms with Crippen LogP contribution in [0.25, 0.3) is 6.08 Å². The van der Waals surface area contributed by atoms with E-state index in [0.717, 1.165) is 37.7 Å². The van der Waals surface area contributed by atoms with Gasteiger partial charge >= 0.3 is 5.97 Å². The smallest absolute Gasteiger partial charge is 0.337 e. The summed E-state index contributed by atoms with van der Waals surface area (Å²) in [7, 11) is 1.40. The first-order chi connectivity index (χ1) is 10.5. The van der Waals surface area contributed by atoms with Crippen molar-refractivity contribution in [3.8, 4) is 0 Å². The molecule has 2 aliphatic rings. The number of ether oxygens (including phenoxy) is 1. The summed E-state index contributed by atoms with van der Waals surface area (Å²) < 4.78 is 4.79. The van der Waals surface area contributed by atoms with Crippen LogP contribution in [0.1, 0.15) is 54.9 Å². The first-order valence-corrected chi connectivity index (χ1v) is 8.12. The zero-order valence-electron chi connectivity index (χ0n) is 13.3. The fourth-order valence-electron chi connectivity index (χ4n) is 4.31. The number of hydrogen-bond acceptors (Lipinski definition) is 3. The third-order valence-electron chi connectivity index (χ3n) is 5.59. The molecule has 3 rings (SSSR count). The molecule has 1 aromatic rings. The molecule has 2 aliphatic carbocycles. The fraction of sp³-hybridized carbons (Fsp3) is 0.526. The summed E-state index contributed by atoms with van der Waals surface area (Å²) in [6, 6.07) is 7.57. The molecule has 0 unspecified atom stereocenters. The largest absolute Gasteiger partial charge is 0.465 e. The normalized spacial score (nSPS) is 32.8. The van der Waals surface area contributed by atoms with Gasteiger partial charge in [-0.05, 0) is 61.1 Å². The lowest BCUT2D eigenvalue weighted by molar-refractivity contribution is 0.0152. The van der Waals surface area contributed by atoms with Crippen molar-refractivity contribution in [2.45, 2.75) is 45.1 Å².